The lowest BCUT2D eigenvalue weighted by Crippen LogP contribution is -1.97. The van der Waals surface area contributed by atoms with Crippen molar-refractivity contribution in [3.8, 4) is 5.69 Å². The minimum absolute atomic E-state index is 0.781. The van der Waals surface area contributed by atoms with Gasteiger partial charge in [-0.05, 0) is 18.2 Å². The summed E-state index contributed by atoms with van der Waals surface area (Å²) < 4.78 is 0. The van der Waals surface area contributed by atoms with Crippen molar-refractivity contribution >= 4 is 6.08 Å². The van der Waals surface area contributed by atoms with Gasteiger partial charge in [-0.3, -0.25) is 0 Å². The van der Waals surface area contributed by atoms with Crippen LogP contribution in [0.5, 0.6) is 0 Å². The molecule has 13 heavy (non-hydrogen) atoms. The van der Waals surface area contributed by atoms with Gasteiger partial charge in [0.25, 0.3) is 0 Å². The minimum Gasteiger partial charge on any atom is -0.156 e. The van der Waals surface area contributed by atoms with Crippen molar-refractivity contribution in [1.29, 1.82) is 0 Å². The third kappa shape index (κ3) is 1.49. The second-order valence-electron chi connectivity index (χ2n) is 2.60. The first kappa shape index (κ1) is 7.73. The topological polar surface area (TPSA) is 30.7 Å². The normalized spacial score (nSPS) is 9.85. The molecule has 0 aliphatic rings. The highest BCUT2D eigenvalue weighted by Crippen LogP contribution is 2.04. The molecule has 1 aromatic carbocycles. The van der Waals surface area contributed by atoms with Crippen molar-refractivity contribution in [2.75, 3.05) is 0 Å². The summed E-state index contributed by atoms with van der Waals surface area (Å²) in [7, 11) is 0. The van der Waals surface area contributed by atoms with E-state index in [1.165, 1.54) is 0 Å². The lowest BCUT2D eigenvalue weighted by Gasteiger charge is -1.96. The molecule has 64 valence electrons. The van der Waals surface area contributed by atoms with E-state index in [1.54, 1.807) is 17.1 Å². The summed E-state index contributed by atoms with van der Waals surface area (Å²) >= 11 is 0. The van der Waals surface area contributed by atoms with E-state index in [1.807, 2.05) is 30.3 Å². The van der Waals surface area contributed by atoms with Gasteiger partial charge in [-0.2, -0.15) is 9.90 Å². The van der Waals surface area contributed by atoms with Crippen LogP contribution < -0.4 is 0 Å². The maximum Gasteiger partial charge on any atom is 0.105 e. The van der Waals surface area contributed by atoms with E-state index in [9.17, 15) is 0 Å². The molecule has 0 amide bonds. The predicted octanol–water partition coefficient (Wildman–Crippen LogP) is 1.91. The highest BCUT2D eigenvalue weighted by atomic mass is 15.5. The molecule has 3 nitrogen and oxygen atoms in total. The van der Waals surface area contributed by atoms with E-state index in [-0.39, 0.29) is 0 Å². The molecule has 0 bridgehead atoms. The average Bonchev–Trinajstić information content (AvgIpc) is 2.67. The second kappa shape index (κ2) is 3.23. The Labute approximate surface area is 76.3 Å². The zero-order chi connectivity index (χ0) is 9.10. The number of para-hydroxylation sites is 1. The average molecular weight is 171 g/mol. The molecule has 2 aromatic rings. The van der Waals surface area contributed by atoms with Crippen molar-refractivity contribution in [3.63, 3.8) is 0 Å². The largest absolute Gasteiger partial charge is 0.156 e. The fourth-order valence-corrected chi connectivity index (χ4v) is 1.05. The summed E-state index contributed by atoms with van der Waals surface area (Å²) in [5.41, 5.74) is 1.74. The standard InChI is InChI=1S/C10H9N3/c1-2-9-8-11-13(12-9)10-6-4-3-5-7-10/h2-8H,1H2. The van der Waals surface area contributed by atoms with E-state index >= 15 is 0 Å². The van der Waals surface area contributed by atoms with Gasteiger partial charge in [0, 0.05) is 0 Å². The van der Waals surface area contributed by atoms with E-state index in [4.69, 9.17) is 0 Å². The Morgan fingerprint density at radius 1 is 1.23 bits per heavy atom. The number of nitrogens with zero attached hydrogens (tertiary/aromatic N) is 3. The monoisotopic (exact) mass is 171 g/mol. The summed E-state index contributed by atoms with van der Waals surface area (Å²) in [4.78, 5) is 1.58. The Morgan fingerprint density at radius 3 is 2.62 bits per heavy atom. The van der Waals surface area contributed by atoms with Crippen LogP contribution in [0.2, 0.25) is 0 Å². The molecule has 0 fully saturated rings. The Hall–Kier alpha value is -1.90. The molecular weight excluding hydrogens is 162 g/mol. The van der Waals surface area contributed by atoms with E-state index in [0.717, 1.165) is 11.4 Å². The fraction of sp³-hybridized carbons (Fsp3) is 0. The van der Waals surface area contributed by atoms with Crippen molar-refractivity contribution in [2.24, 2.45) is 0 Å². The molecular formula is C10H9N3. The summed E-state index contributed by atoms with van der Waals surface area (Å²) in [6.07, 6.45) is 3.35. The molecule has 3 heteroatoms. The molecule has 0 aliphatic heterocycles. The van der Waals surface area contributed by atoms with Crippen LogP contribution in [0.1, 0.15) is 5.69 Å². The summed E-state index contributed by atoms with van der Waals surface area (Å²) in [6.45, 7) is 3.62. The Morgan fingerprint density at radius 2 is 2.00 bits per heavy atom. The molecule has 0 aliphatic carbocycles. The van der Waals surface area contributed by atoms with Crippen LogP contribution in [-0.4, -0.2) is 15.0 Å². The summed E-state index contributed by atoms with van der Waals surface area (Å²) in [6, 6.07) is 9.76. The van der Waals surface area contributed by atoms with Gasteiger partial charge >= 0.3 is 0 Å². The van der Waals surface area contributed by atoms with E-state index in [2.05, 4.69) is 16.8 Å². The number of hydrogen-bond acceptors (Lipinski definition) is 2. The molecule has 0 spiro atoms. The van der Waals surface area contributed by atoms with Crippen LogP contribution in [-0.2, 0) is 0 Å². The maximum atomic E-state index is 4.19. The fourth-order valence-electron chi connectivity index (χ4n) is 1.05. The first-order valence-electron chi connectivity index (χ1n) is 4.00. The van der Waals surface area contributed by atoms with E-state index in [0.29, 0.717) is 0 Å². The molecule has 0 radical (unpaired) electrons. The predicted molar refractivity (Wildman–Crippen MR) is 51.5 cm³/mol. The number of hydrogen-bond donors (Lipinski definition) is 0. The zero-order valence-corrected chi connectivity index (χ0v) is 7.09. The minimum atomic E-state index is 0.781. The van der Waals surface area contributed by atoms with Crippen molar-refractivity contribution in [1.82, 2.24) is 15.0 Å². The molecule has 1 aromatic heterocycles. The molecule has 0 unspecified atom stereocenters. The Kier molecular flexibility index (Phi) is 1.92. The van der Waals surface area contributed by atoms with Gasteiger partial charge in [0.15, 0.2) is 0 Å². The van der Waals surface area contributed by atoms with Gasteiger partial charge in [0.05, 0.1) is 11.9 Å². The molecule has 0 N–H and O–H groups in total. The zero-order valence-electron chi connectivity index (χ0n) is 7.09. The van der Waals surface area contributed by atoms with Gasteiger partial charge in [-0.1, -0.05) is 24.8 Å². The van der Waals surface area contributed by atoms with Gasteiger partial charge in [-0.15, -0.1) is 5.10 Å². The number of rotatable bonds is 2. The third-order valence-corrected chi connectivity index (χ3v) is 1.71. The summed E-state index contributed by atoms with van der Waals surface area (Å²) in [5, 5.41) is 8.28. The smallest absolute Gasteiger partial charge is 0.105 e. The van der Waals surface area contributed by atoms with Crippen molar-refractivity contribution in [2.45, 2.75) is 0 Å². The van der Waals surface area contributed by atoms with Crippen LogP contribution in [0.25, 0.3) is 11.8 Å². The molecule has 0 atom stereocenters. The number of benzene rings is 1. The number of aromatic nitrogens is 3. The molecule has 1 heterocycles. The lowest BCUT2D eigenvalue weighted by atomic mass is 10.3. The van der Waals surface area contributed by atoms with Crippen LogP contribution in [0.4, 0.5) is 0 Å². The summed E-state index contributed by atoms with van der Waals surface area (Å²) in [5.74, 6) is 0. The first-order chi connectivity index (χ1) is 6.40. The van der Waals surface area contributed by atoms with Crippen LogP contribution in [0.3, 0.4) is 0 Å². The van der Waals surface area contributed by atoms with Gasteiger partial charge in [0.1, 0.15) is 5.69 Å². The quantitative estimate of drug-likeness (QED) is 0.691. The highest BCUT2D eigenvalue weighted by Gasteiger charge is 1.97. The molecule has 0 saturated heterocycles. The van der Waals surface area contributed by atoms with Gasteiger partial charge < -0.3 is 0 Å². The molecule has 2 rings (SSSR count). The van der Waals surface area contributed by atoms with Crippen LogP contribution >= 0.6 is 0 Å². The third-order valence-electron chi connectivity index (χ3n) is 1.71. The molecule has 0 saturated carbocycles. The Balaban J connectivity index is 2.41. The van der Waals surface area contributed by atoms with Crippen molar-refractivity contribution in [3.05, 3.63) is 48.8 Å². The van der Waals surface area contributed by atoms with Gasteiger partial charge in [0.2, 0.25) is 0 Å². The van der Waals surface area contributed by atoms with E-state index < -0.39 is 0 Å². The maximum absolute atomic E-state index is 4.19. The van der Waals surface area contributed by atoms with Crippen LogP contribution in [0, 0.1) is 0 Å². The first-order valence-corrected chi connectivity index (χ1v) is 4.00. The SMILES string of the molecule is C=Cc1cnn(-c2ccccc2)n1. The highest BCUT2D eigenvalue weighted by molar-refractivity contribution is 5.39. The Bertz CT molecular complexity index is 403. The lowest BCUT2D eigenvalue weighted by molar-refractivity contribution is 0.750. The van der Waals surface area contributed by atoms with Crippen LogP contribution in [0.15, 0.2) is 43.1 Å². The van der Waals surface area contributed by atoms with Crippen molar-refractivity contribution < 1.29 is 0 Å². The van der Waals surface area contributed by atoms with Gasteiger partial charge in [-0.25, -0.2) is 0 Å². The second-order valence-corrected chi connectivity index (χ2v) is 2.60.